The zero-order chi connectivity index (χ0) is 13.4. The first-order chi connectivity index (χ1) is 8.63. The van der Waals surface area contributed by atoms with Gasteiger partial charge in [0.15, 0.2) is 0 Å². The smallest absolute Gasteiger partial charge is 0.246 e. The molecule has 1 unspecified atom stereocenters. The predicted octanol–water partition coefficient (Wildman–Crippen LogP) is 2.50. The van der Waals surface area contributed by atoms with E-state index in [2.05, 4.69) is 13.8 Å². The number of carbonyl (C=O) groups excluding carboxylic acids is 1. The SMILES string of the molecule is CCCC[C@H](C)CC(O[C@@H]1C=CC=CO1)C(N)=O. The number of nitrogens with two attached hydrogens (primary N) is 1. The number of carbonyl (C=O) groups is 1. The van der Waals surface area contributed by atoms with Crippen LogP contribution in [0.2, 0.25) is 0 Å². The number of allylic oxidation sites excluding steroid dienone is 2. The Kier molecular flexibility index (Phi) is 6.50. The molecule has 1 rings (SSSR count). The summed E-state index contributed by atoms with van der Waals surface area (Å²) in [6.07, 6.45) is 9.85. The van der Waals surface area contributed by atoms with E-state index in [0.29, 0.717) is 12.3 Å². The first-order valence-electron chi connectivity index (χ1n) is 6.57. The maximum atomic E-state index is 11.4. The van der Waals surface area contributed by atoms with Crippen molar-refractivity contribution < 1.29 is 14.3 Å². The largest absolute Gasteiger partial charge is 0.469 e. The Hall–Kier alpha value is -1.29. The van der Waals surface area contributed by atoms with Gasteiger partial charge in [-0.15, -0.1) is 0 Å². The predicted molar refractivity (Wildman–Crippen MR) is 70.5 cm³/mol. The fourth-order valence-electron chi connectivity index (χ4n) is 1.88. The fourth-order valence-corrected chi connectivity index (χ4v) is 1.88. The van der Waals surface area contributed by atoms with Gasteiger partial charge in [0.2, 0.25) is 12.2 Å². The van der Waals surface area contributed by atoms with Crippen LogP contribution < -0.4 is 5.73 Å². The van der Waals surface area contributed by atoms with Gasteiger partial charge in [0.25, 0.3) is 0 Å². The van der Waals surface area contributed by atoms with Crippen molar-refractivity contribution in [1.82, 2.24) is 0 Å². The second-order valence-corrected chi connectivity index (χ2v) is 4.73. The molecule has 1 amide bonds. The molecule has 3 atom stereocenters. The Bertz CT molecular complexity index is 312. The number of hydrogen-bond acceptors (Lipinski definition) is 3. The number of ether oxygens (including phenoxy) is 2. The third-order valence-corrected chi connectivity index (χ3v) is 2.95. The molecule has 1 aliphatic rings. The lowest BCUT2D eigenvalue weighted by atomic mass is 9.97. The summed E-state index contributed by atoms with van der Waals surface area (Å²) in [4.78, 5) is 11.4. The quantitative estimate of drug-likeness (QED) is 0.723. The number of amides is 1. The van der Waals surface area contributed by atoms with Gasteiger partial charge in [-0.3, -0.25) is 4.79 Å². The zero-order valence-corrected chi connectivity index (χ0v) is 11.2. The van der Waals surface area contributed by atoms with Crippen LogP contribution in [0.5, 0.6) is 0 Å². The van der Waals surface area contributed by atoms with Gasteiger partial charge in [-0.25, -0.2) is 0 Å². The molecule has 4 heteroatoms. The van der Waals surface area contributed by atoms with E-state index >= 15 is 0 Å². The maximum Gasteiger partial charge on any atom is 0.246 e. The highest BCUT2D eigenvalue weighted by Crippen LogP contribution is 2.18. The monoisotopic (exact) mass is 253 g/mol. The summed E-state index contributed by atoms with van der Waals surface area (Å²) in [6.45, 7) is 4.27. The van der Waals surface area contributed by atoms with E-state index in [1.807, 2.05) is 6.08 Å². The van der Waals surface area contributed by atoms with Gasteiger partial charge in [0.05, 0.1) is 6.26 Å². The summed E-state index contributed by atoms with van der Waals surface area (Å²) in [6, 6.07) is 0. The maximum absolute atomic E-state index is 11.4. The average molecular weight is 253 g/mol. The summed E-state index contributed by atoms with van der Waals surface area (Å²) in [5, 5.41) is 0. The standard InChI is InChI=1S/C14H23NO3/c1-3-4-7-11(2)10-12(14(15)16)18-13-8-5-6-9-17-13/h5-6,8-9,11-13H,3-4,7,10H2,1-2H3,(H2,15,16)/t11-,12?,13+/m0/s1. The van der Waals surface area contributed by atoms with Crippen molar-refractivity contribution >= 4 is 5.91 Å². The van der Waals surface area contributed by atoms with Gasteiger partial charge in [0, 0.05) is 0 Å². The van der Waals surface area contributed by atoms with Gasteiger partial charge < -0.3 is 15.2 Å². The number of unbranched alkanes of at least 4 members (excludes halogenated alkanes) is 1. The molecule has 1 aliphatic heterocycles. The number of rotatable bonds is 8. The molecule has 18 heavy (non-hydrogen) atoms. The van der Waals surface area contributed by atoms with Gasteiger partial charge in [-0.1, -0.05) is 39.2 Å². The Labute approximate surface area is 109 Å². The fraction of sp³-hybridized carbons (Fsp3) is 0.643. The highest BCUT2D eigenvalue weighted by Gasteiger charge is 2.23. The molecule has 0 fully saturated rings. The Morgan fingerprint density at radius 2 is 2.28 bits per heavy atom. The number of primary amides is 1. The highest BCUT2D eigenvalue weighted by molar-refractivity contribution is 5.78. The van der Waals surface area contributed by atoms with E-state index in [1.54, 1.807) is 18.4 Å². The van der Waals surface area contributed by atoms with E-state index in [1.165, 1.54) is 0 Å². The third kappa shape index (κ3) is 5.36. The van der Waals surface area contributed by atoms with E-state index in [4.69, 9.17) is 15.2 Å². The first kappa shape index (κ1) is 14.8. The van der Waals surface area contributed by atoms with Crippen molar-refractivity contribution in [3.05, 3.63) is 24.5 Å². The van der Waals surface area contributed by atoms with Crippen molar-refractivity contribution in [1.29, 1.82) is 0 Å². The summed E-state index contributed by atoms with van der Waals surface area (Å²) in [7, 11) is 0. The summed E-state index contributed by atoms with van der Waals surface area (Å²) in [5.74, 6) is -0.00420. The normalized spacial score (nSPS) is 21.3. The van der Waals surface area contributed by atoms with Crippen LogP contribution in [-0.4, -0.2) is 18.3 Å². The zero-order valence-electron chi connectivity index (χ0n) is 11.2. The van der Waals surface area contributed by atoms with Crippen LogP contribution in [0.25, 0.3) is 0 Å². The Morgan fingerprint density at radius 1 is 1.50 bits per heavy atom. The molecule has 0 bridgehead atoms. The Morgan fingerprint density at radius 3 is 2.83 bits per heavy atom. The second-order valence-electron chi connectivity index (χ2n) is 4.73. The molecule has 102 valence electrons. The van der Waals surface area contributed by atoms with Crippen LogP contribution in [0.1, 0.15) is 39.5 Å². The van der Waals surface area contributed by atoms with E-state index in [-0.39, 0.29) is 0 Å². The molecule has 2 N–H and O–H groups in total. The van der Waals surface area contributed by atoms with Crippen LogP contribution in [-0.2, 0) is 14.3 Å². The summed E-state index contributed by atoms with van der Waals surface area (Å²) < 4.78 is 10.8. The van der Waals surface area contributed by atoms with E-state index in [9.17, 15) is 4.79 Å². The summed E-state index contributed by atoms with van der Waals surface area (Å²) in [5.41, 5.74) is 5.37. The molecule has 0 saturated carbocycles. The first-order valence-corrected chi connectivity index (χ1v) is 6.57. The van der Waals surface area contributed by atoms with Gasteiger partial charge in [-0.2, -0.15) is 0 Å². The van der Waals surface area contributed by atoms with Crippen molar-refractivity contribution in [2.75, 3.05) is 0 Å². The van der Waals surface area contributed by atoms with Crippen LogP contribution in [0, 0.1) is 5.92 Å². The molecule has 0 aromatic heterocycles. The molecule has 0 aliphatic carbocycles. The second kappa shape index (κ2) is 7.93. The highest BCUT2D eigenvalue weighted by atomic mass is 16.7. The Balaban J connectivity index is 2.41. The molecule has 0 radical (unpaired) electrons. The molecule has 0 aromatic rings. The van der Waals surface area contributed by atoms with Crippen LogP contribution in [0.4, 0.5) is 0 Å². The molecule has 0 spiro atoms. The summed E-state index contributed by atoms with van der Waals surface area (Å²) >= 11 is 0. The van der Waals surface area contributed by atoms with Crippen molar-refractivity contribution in [3.8, 4) is 0 Å². The van der Waals surface area contributed by atoms with E-state index in [0.717, 1.165) is 19.3 Å². The molecule has 1 heterocycles. The lowest BCUT2D eigenvalue weighted by Crippen LogP contribution is -2.36. The van der Waals surface area contributed by atoms with Crippen LogP contribution >= 0.6 is 0 Å². The number of hydrogen-bond donors (Lipinski definition) is 1. The average Bonchev–Trinajstić information content (AvgIpc) is 2.36. The minimum atomic E-state index is -0.585. The molecule has 0 saturated heterocycles. The van der Waals surface area contributed by atoms with E-state index < -0.39 is 18.3 Å². The molecule has 4 nitrogen and oxygen atoms in total. The molecule has 0 aromatic carbocycles. The molecular weight excluding hydrogens is 230 g/mol. The lowest BCUT2D eigenvalue weighted by Gasteiger charge is -2.23. The minimum Gasteiger partial charge on any atom is -0.469 e. The third-order valence-electron chi connectivity index (χ3n) is 2.95. The lowest BCUT2D eigenvalue weighted by molar-refractivity contribution is -0.151. The van der Waals surface area contributed by atoms with Gasteiger partial charge >= 0.3 is 0 Å². The van der Waals surface area contributed by atoms with Crippen molar-refractivity contribution in [2.24, 2.45) is 11.7 Å². The topological polar surface area (TPSA) is 61.6 Å². The molecular formula is C14H23NO3. The van der Waals surface area contributed by atoms with Gasteiger partial charge in [-0.05, 0) is 24.5 Å². The van der Waals surface area contributed by atoms with Crippen LogP contribution in [0.15, 0.2) is 24.5 Å². The van der Waals surface area contributed by atoms with Gasteiger partial charge in [0.1, 0.15) is 6.10 Å². The van der Waals surface area contributed by atoms with Crippen LogP contribution in [0.3, 0.4) is 0 Å². The van der Waals surface area contributed by atoms with Crippen molar-refractivity contribution in [2.45, 2.75) is 51.9 Å². The van der Waals surface area contributed by atoms with Crippen molar-refractivity contribution in [3.63, 3.8) is 0 Å². The minimum absolute atomic E-state index is 0.422.